The van der Waals surface area contributed by atoms with E-state index < -0.39 is 52.7 Å². The van der Waals surface area contributed by atoms with Gasteiger partial charge in [-0.25, -0.2) is 17.0 Å². The molecule has 3 fully saturated rings. The number of ether oxygens (including phenoxy) is 6. The number of hydrogen-bond acceptors (Lipinski definition) is 20. The summed E-state index contributed by atoms with van der Waals surface area (Å²) >= 11 is 0. The molecule has 149 heavy (non-hydrogen) atoms. The number of Topliss-reactive ketones (excluding diaryl/α,β-unsaturated/α-hetero) is 3. The summed E-state index contributed by atoms with van der Waals surface area (Å²) in [6.07, 6.45) is 38.3. The Kier molecular flexibility index (Phi) is 34.0. The molecule has 3 spiro atoms. The molecule has 23 nitrogen and oxygen atoms in total. The Balaban J connectivity index is 0.000000146. The number of anilines is 3. The molecule has 7 aromatic carbocycles. The molecule has 0 unspecified atom stereocenters. The van der Waals surface area contributed by atoms with Gasteiger partial charge < -0.3 is 43.1 Å². The maximum atomic E-state index is 14.4. The first-order chi connectivity index (χ1) is 71.7. The molecule has 0 saturated heterocycles. The highest BCUT2D eigenvalue weighted by Crippen LogP contribution is 2.53. The summed E-state index contributed by atoms with van der Waals surface area (Å²) in [5, 5.41) is 0. The largest absolute Gasteiger partial charge is 0.490 e. The minimum Gasteiger partial charge on any atom is -0.490 e. The third-order valence-electron chi connectivity index (χ3n) is 33.1. The Morgan fingerprint density at radius 1 is 0.456 bits per heavy atom. The van der Waals surface area contributed by atoms with E-state index in [1.165, 1.54) is 62.2 Å². The van der Waals surface area contributed by atoms with Gasteiger partial charge in [0.2, 0.25) is 5.78 Å². The van der Waals surface area contributed by atoms with Gasteiger partial charge in [-0.05, 0) is 336 Å². The summed E-state index contributed by atoms with van der Waals surface area (Å²) < 4.78 is 107. The van der Waals surface area contributed by atoms with E-state index in [1.54, 1.807) is 70.3 Å². The fraction of sp³-hybridized carbons (Fsp3) is 0.508. The molecule has 8 aromatic rings. The van der Waals surface area contributed by atoms with E-state index in [-0.39, 0.29) is 105 Å². The van der Waals surface area contributed by atoms with Crippen molar-refractivity contribution in [1.82, 2.24) is 9.97 Å². The van der Waals surface area contributed by atoms with Gasteiger partial charge in [0.05, 0.1) is 102 Å². The highest BCUT2D eigenvalue weighted by Gasteiger charge is 2.50. The number of fused-ring (bicyclic) bond motifs is 12. The van der Waals surface area contributed by atoms with Crippen LogP contribution in [0.25, 0.3) is 0 Å². The molecule has 27 heteroatoms. The number of allylic oxidation sites excluding steroid dienone is 3. The van der Waals surface area contributed by atoms with Crippen LogP contribution in [-0.2, 0) is 106 Å². The third kappa shape index (κ3) is 25.8. The van der Waals surface area contributed by atoms with Crippen molar-refractivity contribution in [2.45, 2.75) is 237 Å². The number of amides is 3. The SMILES string of the molecule is CO[C@H]1/C=C/CCC[S@@](=O)(CC(=O)C#CC(C)(C)C)=NC(=O)c2ccc3c(c2)N(C[C@@H]2CC[C@H]21)C[C@@]1(CCCc2cc(C)ccc21)CO3.CO[C@H]1/C=C/CCC[S@@](=O)(CC(=O)CCc2ccc(F)cc2)=NC(=O)c2ccc3c(c2)N(C[C@@H]2CC[C@H]21)C[C@@]1(CCCc2cc(C)ccc21)CO3.CO[C@H]1/C=C/CCC[S@@](=O)(CC(=O)CCc2cnccn2)=NC(=O)c2ccc3c(c2)N(C[C@@H]2CC[C@H]21)C[C@@]1(CCCc2cc(C)ccc21)CO3. The van der Waals surface area contributed by atoms with Crippen molar-refractivity contribution in [1.29, 1.82) is 0 Å². The molecule has 6 aliphatic carbocycles. The van der Waals surface area contributed by atoms with Crippen LogP contribution in [0.2, 0.25) is 0 Å². The van der Waals surface area contributed by atoms with Crippen LogP contribution in [0.1, 0.15) is 242 Å². The number of nitrogens with zero attached hydrogens (tertiary/aromatic N) is 8. The number of carbonyl (C=O) groups is 6. The average Bonchev–Trinajstić information content (AvgIpc) is 1.70. The Hall–Kier alpha value is -11.1. The summed E-state index contributed by atoms with van der Waals surface area (Å²) in [5.41, 5.74) is 16.3. The number of hydrogen-bond donors (Lipinski definition) is 0. The number of benzene rings is 7. The zero-order valence-electron chi connectivity index (χ0n) is 88.2. The van der Waals surface area contributed by atoms with Crippen LogP contribution in [0, 0.1) is 79.4 Å². The summed E-state index contributed by atoms with van der Waals surface area (Å²) in [6.45, 7) is 18.7. The summed E-state index contributed by atoms with van der Waals surface area (Å²) in [4.78, 5) is 96.5. The van der Waals surface area contributed by atoms with Crippen LogP contribution >= 0.6 is 0 Å². The number of aromatic nitrogens is 2. The minimum atomic E-state index is -3.20. The van der Waals surface area contributed by atoms with Crippen LogP contribution in [0.3, 0.4) is 0 Å². The van der Waals surface area contributed by atoms with Crippen molar-refractivity contribution in [3.05, 3.63) is 272 Å². The number of methoxy groups -OCH3 is 3. The molecule has 12 aliphatic rings. The Morgan fingerprint density at radius 2 is 0.826 bits per heavy atom. The number of rotatable bonds is 15. The van der Waals surface area contributed by atoms with E-state index in [0.29, 0.717) is 129 Å². The lowest BCUT2D eigenvalue weighted by Crippen LogP contribution is -2.49. The molecule has 790 valence electrons. The van der Waals surface area contributed by atoms with Crippen molar-refractivity contribution < 1.29 is 74.2 Å². The molecule has 1 aromatic heterocycles. The number of ketones is 3. The number of aryl methyl sites for hydroxylation is 8. The van der Waals surface area contributed by atoms with Crippen LogP contribution in [0.15, 0.2) is 202 Å². The molecule has 6 bridgehead atoms. The standard InChI is InChI=1S/C42H49FN2O5S.C40H48N4O5S.C40H50N2O5S/c1-29-9-19-37-31(23-29)7-6-21-42(37)27-45-25-33-13-18-36(33)39(49-2)8-4-3-5-22-51(48,26-35(46)17-12-30-10-15-34(43)16-11-30)44-41(47)32-14-20-40(50-28-42)38(45)24-32;1-28-9-15-35-29(21-28)7-6-17-40(35)26-44-24-31-10-14-34(31)37(48-2)8-4-3-5-20-50(47,25-33(45)13-12-32-23-41-18-19-42-32)43-39(46)30-11-16-38(49-27-40)36(44)22-30;1-28-12-16-34-29(22-28)10-9-19-40(34)26-42-24-31-13-15-33(31)36(46-5)11-7-6-8-21-48(45,25-32(43)18-20-39(2,3)4)41-38(44)30-14-17-37(47-27-40)35(42)23-30/h4,8-11,14-16,19-20,23-24,33,36,39H,3,5-7,12-13,17-18,21-22,25-28H2,1-2H3;4,8-9,11,15-16,18-19,21-23,31,34,37H,3,5-7,10,12-14,17,20,24-27H2,1-2H3;7,11-12,14,16-17,22-23,31,33,36H,6,8-10,13,15,19,21,24-27H2,1-5H3/b2*8-4+;11-7+/t33-,36+,39-,42-,51+;31-,34+,37-,40-,50+;31-,33+,36-,40-,48+/m000/s1. The van der Waals surface area contributed by atoms with Crippen LogP contribution in [-0.4, -0.2) is 191 Å². The monoisotopic (exact) mass is 2080 g/mol. The van der Waals surface area contributed by atoms with Gasteiger partial charge >= 0.3 is 0 Å². The lowest BCUT2D eigenvalue weighted by molar-refractivity contribution is -0.117. The lowest BCUT2D eigenvalue weighted by atomic mass is 9.68. The van der Waals surface area contributed by atoms with Gasteiger partial charge in [-0.15, -0.1) is 0 Å². The molecule has 20 rings (SSSR count). The predicted octanol–water partition coefficient (Wildman–Crippen LogP) is 21.4. The highest BCUT2D eigenvalue weighted by molar-refractivity contribution is 7.95. The van der Waals surface area contributed by atoms with Crippen molar-refractivity contribution in [3.8, 4) is 29.1 Å². The zero-order valence-corrected chi connectivity index (χ0v) is 90.6. The molecule has 3 amide bonds. The highest BCUT2D eigenvalue weighted by atomic mass is 32.2. The lowest BCUT2D eigenvalue weighted by Gasteiger charge is -2.46. The zero-order chi connectivity index (χ0) is 104. The van der Waals surface area contributed by atoms with E-state index in [0.717, 1.165) is 175 Å². The van der Waals surface area contributed by atoms with E-state index in [9.17, 15) is 45.8 Å². The first-order valence-electron chi connectivity index (χ1n) is 54.1. The quantitative estimate of drug-likeness (QED) is 0.0523. The average molecular weight is 2080 g/mol. The van der Waals surface area contributed by atoms with Gasteiger partial charge in [0, 0.05) is 148 Å². The van der Waals surface area contributed by atoms with Crippen LogP contribution < -0.4 is 28.9 Å². The summed E-state index contributed by atoms with van der Waals surface area (Å²) in [7, 11) is -4.23. The molecule has 0 radical (unpaired) electrons. The maximum Gasteiger partial charge on any atom is 0.285 e. The van der Waals surface area contributed by atoms with Crippen LogP contribution in [0.5, 0.6) is 17.2 Å². The first-order valence-corrected chi connectivity index (χ1v) is 59.6. The van der Waals surface area contributed by atoms with Gasteiger partial charge in [-0.3, -0.25) is 38.7 Å². The molecule has 3 saturated carbocycles. The fourth-order valence-corrected chi connectivity index (χ4v) is 30.6. The normalized spacial score (nSPS) is 28.8. The Bertz CT molecular complexity index is 6900. The maximum absolute atomic E-state index is 14.4. The summed E-state index contributed by atoms with van der Waals surface area (Å²) in [5.74, 6) is 6.79. The molecule has 7 heterocycles. The van der Waals surface area contributed by atoms with Gasteiger partial charge in [0.1, 0.15) is 40.4 Å². The second-order valence-corrected chi connectivity index (χ2v) is 52.4. The third-order valence-corrected chi connectivity index (χ3v) is 39.7. The number of carbonyl (C=O) groups excluding carboxylic acids is 6. The minimum absolute atomic E-state index is 0.0112. The van der Waals surface area contributed by atoms with Crippen molar-refractivity contribution >= 4 is 81.3 Å². The van der Waals surface area contributed by atoms with Gasteiger partial charge in [-0.2, -0.15) is 13.1 Å². The van der Waals surface area contributed by atoms with Crippen molar-refractivity contribution in [3.63, 3.8) is 0 Å². The Labute approximate surface area is 881 Å². The van der Waals surface area contributed by atoms with Crippen molar-refractivity contribution in [2.75, 3.05) is 130 Å². The molecular weight excluding hydrogens is 1930 g/mol. The second-order valence-electron chi connectivity index (χ2n) is 45.1. The van der Waals surface area contributed by atoms with Gasteiger partial charge in [-0.1, -0.05) is 126 Å². The molecule has 15 atom stereocenters. The second kappa shape index (κ2) is 47.0. The topological polar surface area (TPSA) is 282 Å². The predicted molar refractivity (Wildman–Crippen MR) is 587 cm³/mol. The molecule has 0 N–H and O–H groups in total. The first kappa shape index (κ1) is 108. The van der Waals surface area contributed by atoms with Gasteiger partial charge in [0.15, 0.2) is 0 Å². The fourth-order valence-electron chi connectivity index (χ4n) is 24.9. The van der Waals surface area contributed by atoms with E-state index in [4.69, 9.17) is 28.4 Å². The Morgan fingerprint density at radius 3 is 1.17 bits per heavy atom. The van der Waals surface area contributed by atoms with E-state index in [1.807, 2.05) is 57.2 Å². The summed E-state index contributed by atoms with van der Waals surface area (Å²) in [6, 6.07) is 42.9. The van der Waals surface area contributed by atoms with E-state index >= 15 is 0 Å². The number of halogens is 1. The van der Waals surface area contributed by atoms with Crippen LogP contribution in [0.4, 0.5) is 21.5 Å². The van der Waals surface area contributed by atoms with E-state index in [2.05, 4.69) is 161 Å². The smallest absolute Gasteiger partial charge is 0.285 e. The van der Waals surface area contributed by atoms with Crippen molar-refractivity contribution in [2.24, 2.45) is 54.0 Å². The molecule has 6 aliphatic heterocycles. The molecular formula is C122H147FN8O15S3. The van der Waals surface area contributed by atoms with Gasteiger partial charge in [0.25, 0.3) is 17.7 Å².